The molecule has 6 nitrogen and oxygen atoms in total. The Kier molecular flexibility index (Phi) is 4.12. The highest BCUT2D eigenvalue weighted by atomic mass is 32.2. The van der Waals surface area contributed by atoms with Crippen LogP contribution in [0.15, 0.2) is 17.7 Å². The molecule has 2 N–H and O–H groups in total. The zero-order valence-corrected chi connectivity index (χ0v) is 11.0. The van der Waals surface area contributed by atoms with Gasteiger partial charge < -0.3 is 4.98 Å². The summed E-state index contributed by atoms with van der Waals surface area (Å²) in [6, 6.07) is 2.34. The van der Waals surface area contributed by atoms with Gasteiger partial charge in [-0.05, 0) is 13.8 Å². The van der Waals surface area contributed by atoms with Gasteiger partial charge in [0.2, 0.25) is 0 Å². The predicted octanol–water partition coefficient (Wildman–Crippen LogP) is 1.34. The molecule has 0 aromatic carbocycles. The molecule has 0 fully saturated rings. The van der Waals surface area contributed by atoms with Gasteiger partial charge in [-0.15, -0.1) is 11.8 Å². The molecular weight excluding hydrogens is 248 g/mol. The Balaban J connectivity index is 2.05. The van der Waals surface area contributed by atoms with E-state index in [1.54, 1.807) is 6.33 Å². The van der Waals surface area contributed by atoms with Gasteiger partial charge in [-0.2, -0.15) is 5.26 Å². The number of imidazole rings is 1. The van der Waals surface area contributed by atoms with Crippen LogP contribution in [0.3, 0.4) is 0 Å². The molecule has 0 aliphatic carbocycles. The van der Waals surface area contributed by atoms with Crippen LogP contribution < -0.4 is 5.32 Å². The summed E-state index contributed by atoms with van der Waals surface area (Å²) in [7, 11) is 0. The van der Waals surface area contributed by atoms with Gasteiger partial charge in [0.05, 0.1) is 12.4 Å². The topological polar surface area (TPSA) is 90.3 Å². The zero-order valence-electron chi connectivity index (χ0n) is 10.2. The molecule has 0 radical (unpaired) electrons. The first-order chi connectivity index (χ1) is 8.70. The van der Waals surface area contributed by atoms with E-state index in [-0.39, 0.29) is 12.1 Å². The Labute approximate surface area is 109 Å². The van der Waals surface area contributed by atoms with Crippen molar-refractivity contribution in [1.29, 1.82) is 5.26 Å². The SMILES string of the molecule is CC(C)NC(C#N)CSc1ncnc2nc[nH]c12. The molecule has 94 valence electrons. The molecule has 2 aromatic rings. The van der Waals surface area contributed by atoms with Gasteiger partial charge >= 0.3 is 0 Å². The van der Waals surface area contributed by atoms with E-state index in [2.05, 4.69) is 31.3 Å². The van der Waals surface area contributed by atoms with Gasteiger partial charge in [0, 0.05) is 11.8 Å². The Morgan fingerprint density at radius 1 is 1.44 bits per heavy atom. The van der Waals surface area contributed by atoms with Gasteiger partial charge in [-0.1, -0.05) is 0 Å². The lowest BCUT2D eigenvalue weighted by Gasteiger charge is -2.13. The maximum atomic E-state index is 9.05. The quantitative estimate of drug-likeness (QED) is 0.624. The number of aromatic nitrogens is 4. The number of hydrogen-bond acceptors (Lipinski definition) is 6. The Bertz CT molecular complexity index is 558. The van der Waals surface area contributed by atoms with Crippen molar-refractivity contribution < 1.29 is 0 Å². The highest BCUT2D eigenvalue weighted by Gasteiger charge is 2.12. The smallest absolute Gasteiger partial charge is 0.181 e. The second-order valence-electron chi connectivity index (χ2n) is 4.09. The van der Waals surface area contributed by atoms with E-state index in [0.717, 1.165) is 10.5 Å². The third-order valence-corrected chi connectivity index (χ3v) is 3.35. The fourth-order valence-corrected chi connectivity index (χ4v) is 2.45. The molecule has 1 atom stereocenters. The summed E-state index contributed by atoms with van der Waals surface area (Å²) in [6.07, 6.45) is 3.08. The van der Waals surface area contributed by atoms with E-state index in [4.69, 9.17) is 5.26 Å². The first-order valence-corrected chi connectivity index (χ1v) is 6.62. The molecule has 2 heterocycles. The standard InChI is InChI=1S/C11H14N6S/c1-7(2)17-8(3-12)4-18-11-9-10(14-5-13-9)15-6-16-11/h5-8,17H,4H2,1-2H3,(H,13,14,15,16). The number of rotatable bonds is 5. The van der Waals surface area contributed by atoms with Crippen LogP contribution in [0.1, 0.15) is 13.8 Å². The monoisotopic (exact) mass is 262 g/mol. The Morgan fingerprint density at radius 3 is 3.00 bits per heavy atom. The van der Waals surface area contributed by atoms with Gasteiger partial charge in [0.15, 0.2) is 5.65 Å². The van der Waals surface area contributed by atoms with Gasteiger partial charge in [0.1, 0.15) is 22.9 Å². The van der Waals surface area contributed by atoms with Crippen molar-refractivity contribution in [2.75, 3.05) is 5.75 Å². The van der Waals surface area contributed by atoms with Crippen molar-refractivity contribution in [2.45, 2.75) is 31.0 Å². The third kappa shape index (κ3) is 2.97. The molecule has 0 bridgehead atoms. The first kappa shape index (κ1) is 12.8. The summed E-state index contributed by atoms with van der Waals surface area (Å²) in [4.78, 5) is 15.3. The number of nitrogens with zero attached hydrogens (tertiary/aromatic N) is 4. The van der Waals surface area contributed by atoms with E-state index in [1.165, 1.54) is 18.1 Å². The number of fused-ring (bicyclic) bond motifs is 1. The van der Waals surface area contributed by atoms with Crippen molar-refractivity contribution >= 4 is 22.9 Å². The molecule has 7 heteroatoms. The number of thioether (sulfide) groups is 1. The minimum absolute atomic E-state index is 0.192. The van der Waals surface area contributed by atoms with E-state index in [1.807, 2.05) is 13.8 Å². The Morgan fingerprint density at radius 2 is 2.28 bits per heavy atom. The van der Waals surface area contributed by atoms with Crippen molar-refractivity contribution in [3.05, 3.63) is 12.7 Å². The molecule has 2 rings (SSSR count). The van der Waals surface area contributed by atoms with Crippen LogP contribution in [-0.4, -0.2) is 37.8 Å². The number of nitrogens with one attached hydrogen (secondary N) is 2. The fraction of sp³-hybridized carbons (Fsp3) is 0.455. The molecule has 0 saturated heterocycles. The van der Waals surface area contributed by atoms with Crippen LogP contribution in [0.25, 0.3) is 11.2 Å². The lowest BCUT2D eigenvalue weighted by Crippen LogP contribution is -2.35. The highest BCUT2D eigenvalue weighted by molar-refractivity contribution is 7.99. The molecule has 1 unspecified atom stereocenters. The maximum absolute atomic E-state index is 9.05. The third-order valence-electron chi connectivity index (χ3n) is 2.27. The molecule has 0 amide bonds. The average molecular weight is 262 g/mol. The van der Waals surface area contributed by atoms with E-state index >= 15 is 0 Å². The van der Waals surface area contributed by atoms with Gasteiger partial charge in [-0.3, -0.25) is 5.32 Å². The minimum atomic E-state index is -0.192. The van der Waals surface area contributed by atoms with Crippen molar-refractivity contribution in [1.82, 2.24) is 25.3 Å². The lowest BCUT2D eigenvalue weighted by molar-refractivity contribution is 0.560. The van der Waals surface area contributed by atoms with E-state index in [0.29, 0.717) is 11.4 Å². The lowest BCUT2D eigenvalue weighted by atomic mass is 10.3. The maximum Gasteiger partial charge on any atom is 0.181 e. The molecule has 0 aliphatic heterocycles. The number of H-pyrrole nitrogens is 1. The van der Waals surface area contributed by atoms with Crippen LogP contribution in [0.2, 0.25) is 0 Å². The molecule has 2 aromatic heterocycles. The van der Waals surface area contributed by atoms with Crippen molar-refractivity contribution in [3.63, 3.8) is 0 Å². The molecular formula is C11H14N6S. The Hall–Kier alpha value is -1.65. The van der Waals surface area contributed by atoms with Crippen LogP contribution in [0.5, 0.6) is 0 Å². The van der Waals surface area contributed by atoms with Crippen molar-refractivity contribution in [3.8, 4) is 6.07 Å². The van der Waals surface area contributed by atoms with Crippen LogP contribution in [-0.2, 0) is 0 Å². The second-order valence-corrected chi connectivity index (χ2v) is 5.10. The van der Waals surface area contributed by atoms with Crippen molar-refractivity contribution in [2.24, 2.45) is 0 Å². The number of nitriles is 1. The minimum Gasteiger partial charge on any atom is -0.341 e. The van der Waals surface area contributed by atoms with Gasteiger partial charge in [0.25, 0.3) is 0 Å². The summed E-state index contributed by atoms with van der Waals surface area (Å²) in [5, 5.41) is 13.1. The average Bonchev–Trinajstić information content (AvgIpc) is 2.82. The van der Waals surface area contributed by atoms with E-state index < -0.39 is 0 Å². The normalized spacial score (nSPS) is 12.8. The fourth-order valence-electron chi connectivity index (χ4n) is 1.54. The first-order valence-electron chi connectivity index (χ1n) is 5.63. The van der Waals surface area contributed by atoms with Crippen LogP contribution in [0.4, 0.5) is 0 Å². The van der Waals surface area contributed by atoms with Crippen LogP contribution >= 0.6 is 11.8 Å². The summed E-state index contributed by atoms with van der Waals surface area (Å²) in [5.41, 5.74) is 1.47. The van der Waals surface area contributed by atoms with Gasteiger partial charge in [-0.25, -0.2) is 15.0 Å². The molecule has 18 heavy (non-hydrogen) atoms. The summed E-state index contributed by atoms with van der Waals surface area (Å²) in [6.45, 7) is 4.04. The molecule has 0 spiro atoms. The summed E-state index contributed by atoms with van der Waals surface area (Å²) >= 11 is 1.52. The molecule has 0 aliphatic rings. The largest absolute Gasteiger partial charge is 0.341 e. The van der Waals surface area contributed by atoms with Crippen LogP contribution in [0, 0.1) is 11.3 Å². The molecule has 0 saturated carbocycles. The summed E-state index contributed by atoms with van der Waals surface area (Å²) in [5.74, 6) is 0.639. The summed E-state index contributed by atoms with van der Waals surface area (Å²) < 4.78 is 0. The predicted molar refractivity (Wildman–Crippen MR) is 70.1 cm³/mol. The second kappa shape index (κ2) is 5.80. The number of hydrogen-bond donors (Lipinski definition) is 2. The van der Waals surface area contributed by atoms with E-state index in [9.17, 15) is 0 Å². The zero-order chi connectivity index (χ0) is 13.0. The number of aromatic amines is 1. The highest BCUT2D eigenvalue weighted by Crippen LogP contribution is 2.22.